The Morgan fingerprint density at radius 2 is 2.03 bits per heavy atom. The van der Waals surface area contributed by atoms with Gasteiger partial charge < -0.3 is 21.1 Å². The third-order valence-electron chi connectivity index (χ3n) is 6.61. The molecule has 0 spiro atoms. The highest BCUT2D eigenvalue weighted by atomic mass is 19.1. The zero-order valence-corrected chi connectivity index (χ0v) is 20.4. The molecule has 3 aromatic rings. The molecular formula is C26H31FN7O2+. The Kier molecular flexibility index (Phi) is 6.65. The van der Waals surface area contributed by atoms with E-state index < -0.39 is 11.4 Å². The lowest BCUT2D eigenvalue weighted by atomic mass is 9.77. The summed E-state index contributed by atoms with van der Waals surface area (Å²) in [6, 6.07) is 8.88. The van der Waals surface area contributed by atoms with Crippen LogP contribution in [0.3, 0.4) is 0 Å². The molecule has 1 aliphatic heterocycles. The van der Waals surface area contributed by atoms with Crippen LogP contribution in [0.25, 0.3) is 0 Å². The normalized spacial score (nSPS) is 16.2. The Balaban J connectivity index is 1.46. The highest BCUT2D eigenvalue weighted by molar-refractivity contribution is 5.97. The van der Waals surface area contributed by atoms with E-state index in [0.717, 1.165) is 31.6 Å². The summed E-state index contributed by atoms with van der Waals surface area (Å²) in [6.07, 6.45) is 4.20. The van der Waals surface area contributed by atoms with Crippen molar-refractivity contribution in [1.29, 1.82) is 0 Å². The highest BCUT2D eigenvalue weighted by Gasteiger charge is 2.40. The smallest absolute Gasteiger partial charge is 0.260 e. The second-order valence-electron chi connectivity index (χ2n) is 9.75. The molecule has 1 saturated carbocycles. The zero-order chi connectivity index (χ0) is 25.3. The summed E-state index contributed by atoms with van der Waals surface area (Å²) >= 11 is 0. The van der Waals surface area contributed by atoms with Crippen molar-refractivity contribution in [3.8, 4) is 0 Å². The van der Waals surface area contributed by atoms with Crippen molar-refractivity contribution in [1.82, 2.24) is 25.6 Å². The van der Waals surface area contributed by atoms with E-state index in [0.29, 0.717) is 30.4 Å². The van der Waals surface area contributed by atoms with Gasteiger partial charge in [0.2, 0.25) is 17.6 Å². The predicted octanol–water partition coefficient (Wildman–Crippen LogP) is 2.44. The molecule has 10 heteroatoms. The standard InChI is InChI=1S/C26H30FN7O2/c1-15(2)30-24(35)19-14-29-25(31-18-5-4-17-13-28-11-8-16(17)12-18)34-23(19)33-21-7-6-20(27)22(32-21)26(36)9-3-10-26/h4-7,12,14-15,28,36H,3,8-11,13H2,1-2H3,(H,30,35)(H2,29,31,32,33,34)/p+1. The Morgan fingerprint density at radius 3 is 2.78 bits per heavy atom. The van der Waals surface area contributed by atoms with Crippen molar-refractivity contribution in [3.05, 3.63) is 64.7 Å². The fraction of sp³-hybridized carbons (Fsp3) is 0.385. The van der Waals surface area contributed by atoms with Crippen LogP contribution in [0.4, 0.5) is 27.7 Å². The maximum atomic E-state index is 14.5. The molecule has 1 amide bonds. The van der Waals surface area contributed by atoms with Gasteiger partial charge in [-0.1, -0.05) is 6.07 Å². The second-order valence-corrected chi connectivity index (χ2v) is 9.75. The number of pyridine rings is 1. The summed E-state index contributed by atoms with van der Waals surface area (Å²) < 4.78 is 14.5. The molecule has 1 fully saturated rings. The molecular weight excluding hydrogens is 461 g/mol. The molecule has 0 atom stereocenters. The fourth-order valence-corrected chi connectivity index (χ4v) is 4.52. The van der Waals surface area contributed by atoms with Gasteiger partial charge in [-0.25, -0.2) is 14.7 Å². The maximum absolute atomic E-state index is 14.5. The van der Waals surface area contributed by atoms with Crippen molar-refractivity contribution < 1.29 is 19.6 Å². The van der Waals surface area contributed by atoms with Gasteiger partial charge in [-0.2, -0.15) is 9.97 Å². The molecule has 0 saturated heterocycles. The number of aromatic nitrogens is 3. The summed E-state index contributed by atoms with van der Waals surface area (Å²) in [5.74, 6) is 0.217. The van der Waals surface area contributed by atoms with Gasteiger partial charge >= 0.3 is 0 Å². The van der Waals surface area contributed by atoms with Gasteiger partial charge in [-0.3, -0.25) is 4.79 Å². The Labute approximate surface area is 209 Å². The average Bonchev–Trinajstić information content (AvgIpc) is 2.83. The van der Waals surface area contributed by atoms with E-state index in [1.54, 1.807) is 5.32 Å². The first-order chi connectivity index (χ1) is 17.3. The molecule has 3 heterocycles. The third-order valence-corrected chi connectivity index (χ3v) is 6.61. The van der Waals surface area contributed by atoms with Crippen LogP contribution < -0.4 is 21.3 Å². The number of fused-ring (bicyclic) bond motifs is 1. The summed E-state index contributed by atoms with van der Waals surface area (Å²) in [5, 5.41) is 21.7. The molecule has 5 rings (SSSR count). The Morgan fingerprint density at radius 1 is 1.19 bits per heavy atom. The van der Waals surface area contributed by atoms with Crippen LogP contribution in [0.15, 0.2) is 36.5 Å². The van der Waals surface area contributed by atoms with Crippen LogP contribution in [-0.2, 0) is 18.6 Å². The molecule has 9 nitrogen and oxygen atoms in total. The van der Waals surface area contributed by atoms with Gasteiger partial charge in [0.15, 0.2) is 0 Å². The van der Waals surface area contributed by atoms with Crippen LogP contribution in [0.5, 0.6) is 0 Å². The molecule has 36 heavy (non-hydrogen) atoms. The molecule has 0 radical (unpaired) electrons. The molecule has 188 valence electrons. The number of rotatable bonds is 7. The number of carbonyl (C=O) groups is 1. The molecule has 0 unspecified atom stereocenters. The highest BCUT2D eigenvalue weighted by Crippen LogP contribution is 2.41. The van der Waals surface area contributed by atoms with Crippen LogP contribution in [0, 0.1) is 5.82 Å². The first kappa shape index (κ1) is 24.2. The predicted molar refractivity (Wildman–Crippen MR) is 133 cm³/mol. The average molecular weight is 493 g/mol. The number of hydrogen-bond acceptors (Lipinski definition) is 7. The van der Waals surface area contributed by atoms with Crippen molar-refractivity contribution >= 4 is 29.2 Å². The minimum absolute atomic E-state index is 0.0339. The van der Waals surface area contributed by atoms with Crippen molar-refractivity contribution in [2.75, 3.05) is 11.9 Å². The number of halogens is 1. The van der Waals surface area contributed by atoms with Crippen LogP contribution >= 0.6 is 0 Å². The lowest BCUT2D eigenvalue weighted by Crippen LogP contribution is -2.73. The fourth-order valence-electron chi connectivity index (χ4n) is 4.52. The van der Waals surface area contributed by atoms with E-state index in [4.69, 9.17) is 0 Å². The lowest BCUT2D eigenvalue weighted by molar-refractivity contribution is -0.487. The van der Waals surface area contributed by atoms with E-state index in [2.05, 4.69) is 43.0 Å². The van der Waals surface area contributed by atoms with E-state index in [9.17, 15) is 14.3 Å². The Hall–Kier alpha value is -3.47. The first-order valence-electron chi connectivity index (χ1n) is 12.3. The van der Waals surface area contributed by atoms with Gasteiger partial charge in [-0.05, 0) is 75.4 Å². The minimum Gasteiger partial charge on any atom is -0.383 e. The second kappa shape index (κ2) is 9.88. The number of anilines is 2. The van der Waals surface area contributed by atoms with Gasteiger partial charge in [0, 0.05) is 24.3 Å². The van der Waals surface area contributed by atoms with Crippen LogP contribution in [-0.4, -0.2) is 38.6 Å². The van der Waals surface area contributed by atoms with Crippen molar-refractivity contribution in [2.45, 2.75) is 57.7 Å². The van der Waals surface area contributed by atoms with Gasteiger partial charge in [0.25, 0.3) is 5.91 Å². The van der Waals surface area contributed by atoms with Gasteiger partial charge in [-0.15, -0.1) is 0 Å². The number of hydrogen-bond donors (Lipinski definition) is 5. The van der Waals surface area contributed by atoms with E-state index >= 15 is 0 Å². The topological polar surface area (TPSA) is 129 Å². The summed E-state index contributed by atoms with van der Waals surface area (Å²) in [7, 11) is 0. The number of nitrogens with zero attached hydrogens (tertiary/aromatic N) is 3. The summed E-state index contributed by atoms with van der Waals surface area (Å²) in [6.45, 7) is 5.54. The summed E-state index contributed by atoms with van der Waals surface area (Å²) in [5.41, 5.74) is 2.47. The van der Waals surface area contributed by atoms with E-state index in [-0.39, 0.29) is 23.2 Å². The van der Waals surface area contributed by atoms with Crippen LogP contribution in [0.2, 0.25) is 0 Å². The number of benzene rings is 1. The monoisotopic (exact) mass is 492 g/mol. The first-order valence-corrected chi connectivity index (χ1v) is 12.3. The zero-order valence-electron chi connectivity index (χ0n) is 20.4. The van der Waals surface area contributed by atoms with E-state index in [1.165, 1.54) is 29.5 Å². The van der Waals surface area contributed by atoms with E-state index in [1.807, 2.05) is 19.9 Å². The number of quaternary nitrogens is 1. The van der Waals surface area contributed by atoms with Crippen molar-refractivity contribution in [3.63, 3.8) is 0 Å². The number of nitrogens with one attached hydrogen (secondary N) is 3. The maximum Gasteiger partial charge on any atom is 0.260 e. The van der Waals surface area contributed by atoms with Crippen LogP contribution in [0.1, 0.15) is 60.3 Å². The minimum atomic E-state index is -1.24. The van der Waals surface area contributed by atoms with Gasteiger partial charge in [0.1, 0.15) is 22.7 Å². The molecule has 6 N–H and O–H groups in total. The molecule has 0 bridgehead atoms. The largest absolute Gasteiger partial charge is 0.383 e. The van der Waals surface area contributed by atoms with Crippen molar-refractivity contribution in [2.24, 2.45) is 0 Å². The molecule has 1 aromatic carbocycles. The Bertz CT molecular complexity index is 1290. The molecule has 2 aliphatic rings. The molecule has 2 aromatic heterocycles. The number of carbonyl (C=O) groups excluding carboxylic acids is 1. The van der Waals surface area contributed by atoms with Gasteiger partial charge in [0.05, 0.1) is 6.20 Å². The molecule has 1 aliphatic carbocycles. The summed E-state index contributed by atoms with van der Waals surface area (Å²) in [4.78, 5) is 26.2. The number of amides is 1. The number of nitrogens with two attached hydrogens (primary N) is 1. The third kappa shape index (κ3) is 5.06. The number of aliphatic hydroxyl groups is 1. The lowest BCUT2D eigenvalue weighted by Gasteiger charge is -2.35. The SMILES string of the molecule is CC(C)NC(=O)c1cnc(Nc2ccc3c(c2)CCNC3)nc1[NH2+]c1ccc(F)c(C2(O)CCC2)n1. The quantitative estimate of drug-likeness (QED) is 0.343.